The van der Waals surface area contributed by atoms with Crippen LogP contribution in [-0.4, -0.2) is 39.5 Å². The molecule has 0 bridgehead atoms. The number of hydrogen-bond acceptors (Lipinski definition) is 6. The van der Waals surface area contributed by atoms with E-state index in [-0.39, 0.29) is 30.2 Å². The number of nitrogens with one attached hydrogen (secondary N) is 1. The first-order chi connectivity index (χ1) is 15.9. The van der Waals surface area contributed by atoms with Crippen LogP contribution in [0, 0.1) is 12.7 Å². The molecule has 0 saturated carbocycles. The van der Waals surface area contributed by atoms with Gasteiger partial charge in [-0.25, -0.2) is 14.1 Å². The van der Waals surface area contributed by atoms with Gasteiger partial charge in [-0.2, -0.15) is 5.10 Å². The summed E-state index contributed by atoms with van der Waals surface area (Å²) >= 11 is 0. The molecule has 1 amide bonds. The number of amides is 1. The largest absolute Gasteiger partial charge is 0.497 e. The molecule has 0 spiro atoms. The first-order valence-electron chi connectivity index (χ1n) is 10.1. The fourth-order valence-electron chi connectivity index (χ4n) is 3.47. The van der Waals surface area contributed by atoms with Gasteiger partial charge in [0, 0.05) is 19.0 Å². The summed E-state index contributed by atoms with van der Waals surface area (Å²) in [4.78, 5) is 30.1. The highest BCUT2D eigenvalue weighted by Crippen LogP contribution is 2.29. The number of aromatic nitrogens is 4. The van der Waals surface area contributed by atoms with E-state index in [0.29, 0.717) is 39.7 Å². The monoisotopic (exact) mass is 451 g/mol. The van der Waals surface area contributed by atoms with Crippen molar-refractivity contribution in [3.05, 3.63) is 70.7 Å². The fourth-order valence-corrected chi connectivity index (χ4v) is 3.47. The van der Waals surface area contributed by atoms with Crippen LogP contribution in [0.1, 0.15) is 12.2 Å². The van der Waals surface area contributed by atoms with Crippen LogP contribution in [0.15, 0.2) is 53.5 Å². The van der Waals surface area contributed by atoms with Crippen molar-refractivity contribution in [2.45, 2.75) is 19.9 Å². The summed E-state index contributed by atoms with van der Waals surface area (Å²) in [6.45, 7) is 1.83. The van der Waals surface area contributed by atoms with Crippen LogP contribution in [0.4, 0.5) is 10.1 Å². The predicted octanol–water partition coefficient (Wildman–Crippen LogP) is 3.08. The molecule has 2 aromatic heterocycles. The molecule has 0 aliphatic carbocycles. The second-order valence-electron chi connectivity index (χ2n) is 7.25. The Morgan fingerprint density at radius 2 is 1.88 bits per heavy atom. The number of fused-ring (bicyclic) bond motifs is 1. The Morgan fingerprint density at radius 1 is 1.12 bits per heavy atom. The zero-order valence-corrected chi connectivity index (χ0v) is 18.3. The van der Waals surface area contributed by atoms with Crippen molar-refractivity contribution < 1.29 is 18.7 Å². The third-order valence-corrected chi connectivity index (χ3v) is 5.19. The summed E-state index contributed by atoms with van der Waals surface area (Å²) in [7, 11) is 3.04. The Hall–Kier alpha value is -4.21. The summed E-state index contributed by atoms with van der Waals surface area (Å²) in [5, 5.41) is 7.33. The number of rotatable bonds is 7. The number of methoxy groups -OCH3 is 2. The van der Waals surface area contributed by atoms with Gasteiger partial charge in [0.05, 0.1) is 31.8 Å². The van der Waals surface area contributed by atoms with Gasteiger partial charge in [-0.1, -0.05) is 0 Å². The topological polar surface area (TPSA) is 100 Å². The Kier molecular flexibility index (Phi) is 6.07. The van der Waals surface area contributed by atoms with Crippen LogP contribution in [-0.2, 0) is 11.3 Å². The van der Waals surface area contributed by atoms with Crippen LogP contribution in [0.2, 0.25) is 0 Å². The van der Waals surface area contributed by atoms with Gasteiger partial charge in [0.1, 0.15) is 28.5 Å². The van der Waals surface area contributed by atoms with E-state index in [9.17, 15) is 14.0 Å². The molecule has 0 aliphatic rings. The van der Waals surface area contributed by atoms with Crippen LogP contribution < -0.4 is 20.3 Å². The molecule has 1 N–H and O–H groups in total. The smallest absolute Gasteiger partial charge is 0.264 e. The molecule has 0 unspecified atom stereocenters. The average molecular weight is 451 g/mol. The van der Waals surface area contributed by atoms with Crippen molar-refractivity contribution in [1.29, 1.82) is 0 Å². The van der Waals surface area contributed by atoms with E-state index in [1.807, 2.05) is 0 Å². The predicted molar refractivity (Wildman–Crippen MR) is 121 cm³/mol. The summed E-state index contributed by atoms with van der Waals surface area (Å²) < 4.78 is 26.6. The number of aryl methyl sites for hydroxylation is 1. The molecule has 2 heterocycles. The maximum Gasteiger partial charge on any atom is 0.264 e. The second-order valence-corrected chi connectivity index (χ2v) is 7.25. The van der Waals surface area contributed by atoms with Crippen molar-refractivity contribution in [2.24, 2.45) is 0 Å². The van der Waals surface area contributed by atoms with Crippen molar-refractivity contribution in [2.75, 3.05) is 19.5 Å². The summed E-state index contributed by atoms with van der Waals surface area (Å²) in [6.07, 6.45) is 1.47. The lowest BCUT2D eigenvalue weighted by Gasteiger charge is -2.13. The summed E-state index contributed by atoms with van der Waals surface area (Å²) in [6, 6.07) is 10.8. The molecule has 170 valence electrons. The van der Waals surface area contributed by atoms with Crippen molar-refractivity contribution in [3.8, 4) is 17.2 Å². The molecule has 4 aromatic rings. The van der Waals surface area contributed by atoms with Crippen molar-refractivity contribution in [3.63, 3.8) is 0 Å². The minimum absolute atomic E-state index is 0.0508. The highest BCUT2D eigenvalue weighted by Gasteiger charge is 2.16. The molecule has 2 aromatic carbocycles. The number of halogens is 1. The molecular formula is C23H22FN5O4. The molecule has 33 heavy (non-hydrogen) atoms. The fraction of sp³-hybridized carbons (Fsp3) is 0.217. The molecule has 0 fully saturated rings. The number of anilines is 1. The lowest BCUT2D eigenvalue weighted by molar-refractivity contribution is -0.116. The first kappa shape index (κ1) is 22.0. The first-order valence-corrected chi connectivity index (χ1v) is 10.1. The molecule has 9 nitrogen and oxygen atoms in total. The normalized spacial score (nSPS) is 10.9. The minimum atomic E-state index is -0.368. The van der Waals surface area contributed by atoms with Crippen molar-refractivity contribution in [1.82, 2.24) is 19.3 Å². The lowest BCUT2D eigenvalue weighted by Crippen LogP contribution is -2.26. The quantitative estimate of drug-likeness (QED) is 0.464. The van der Waals surface area contributed by atoms with E-state index in [2.05, 4.69) is 15.4 Å². The van der Waals surface area contributed by atoms with E-state index in [1.165, 1.54) is 34.7 Å². The molecular weight excluding hydrogens is 429 g/mol. The Balaban J connectivity index is 1.54. The summed E-state index contributed by atoms with van der Waals surface area (Å²) in [5.74, 6) is 0.852. The van der Waals surface area contributed by atoms with E-state index in [4.69, 9.17) is 9.47 Å². The lowest BCUT2D eigenvalue weighted by atomic mass is 10.2. The molecule has 0 atom stereocenters. The third-order valence-electron chi connectivity index (χ3n) is 5.19. The van der Waals surface area contributed by atoms with Crippen molar-refractivity contribution >= 4 is 22.6 Å². The average Bonchev–Trinajstić information content (AvgIpc) is 3.23. The second kappa shape index (κ2) is 9.11. The van der Waals surface area contributed by atoms with Gasteiger partial charge in [0.15, 0.2) is 5.65 Å². The number of carbonyl (C=O) groups excluding carboxylic acids is 1. The standard InChI is InChI=1S/C23H22FN5O4/c1-14-26-22-18(13-25-29(22)16-6-4-15(24)5-7-16)23(31)28(14)11-10-21(30)27-19-9-8-17(32-2)12-20(19)33-3/h4-9,12-13H,10-11H2,1-3H3,(H,27,30). The zero-order chi connectivity index (χ0) is 23.5. The van der Waals surface area contributed by atoms with Gasteiger partial charge in [-0.05, 0) is 43.3 Å². The van der Waals surface area contributed by atoms with E-state index in [0.717, 1.165) is 0 Å². The van der Waals surface area contributed by atoms with E-state index >= 15 is 0 Å². The van der Waals surface area contributed by atoms with E-state index < -0.39 is 0 Å². The molecule has 0 saturated heterocycles. The van der Waals surface area contributed by atoms with Crippen LogP contribution in [0.5, 0.6) is 11.5 Å². The number of nitrogens with zero attached hydrogens (tertiary/aromatic N) is 4. The number of ether oxygens (including phenoxy) is 2. The summed E-state index contributed by atoms with van der Waals surface area (Å²) in [5.41, 5.74) is 1.15. The number of carbonyl (C=O) groups is 1. The zero-order valence-electron chi connectivity index (χ0n) is 18.3. The van der Waals surface area contributed by atoms with Crippen LogP contribution >= 0.6 is 0 Å². The van der Waals surface area contributed by atoms with E-state index in [1.54, 1.807) is 44.4 Å². The van der Waals surface area contributed by atoms with Gasteiger partial charge in [0.2, 0.25) is 5.91 Å². The SMILES string of the molecule is COc1ccc(NC(=O)CCn2c(C)nc3c(cnn3-c3ccc(F)cc3)c2=O)c(OC)c1. The number of hydrogen-bond donors (Lipinski definition) is 1. The van der Waals surface area contributed by atoms with Gasteiger partial charge in [0.25, 0.3) is 5.56 Å². The van der Waals surface area contributed by atoms with Crippen LogP contribution in [0.25, 0.3) is 16.7 Å². The van der Waals surface area contributed by atoms with Gasteiger partial charge < -0.3 is 14.8 Å². The van der Waals surface area contributed by atoms with Crippen LogP contribution in [0.3, 0.4) is 0 Å². The molecule has 10 heteroatoms. The molecule has 0 aliphatic heterocycles. The highest BCUT2D eigenvalue weighted by atomic mass is 19.1. The maximum atomic E-state index is 13.2. The van der Waals surface area contributed by atoms with Gasteiger partial charge in [-0.3, -0.25) is 14.2 Å². The number of benzene rings is 2. The molecule has 0 radical (unpaired) electrons. The van der Waals surface area contributed by atoms with Gasteiger partial charge >= 0.3 is 0 Å². The third kappa shape index (κ3) is 4.40. The molecule has 4 rings (SSSR count). The highest BCUT2D eigenvalue weighted by molar-refractivity contribution is 5.92. The maximum absolute atomic E-state index is 13.2. The Labute approximate surface area is 188 Å². The Bertz CT molecular complexity index is 1380. The Morgan fingerprint density at radius 3 is 2.58 bits per heavy atom. The minimum Gasteiger partial charge on any atom is -0.497 e. The van der Waals surface area contributed by atoms with Gasteiger partial charge in [-0.15, -0.1) is 0 Å².